The van der Waals surface area contributed by atoms with E-state index in [4.69, 9.17) is 23.2 Å². The van der Waals surface area contributed by atoms with Gasteiger partial charge in [0.25, 0.3) is 5.91 Å². The van der Waals surface area contributed by atoms with Gasteiger partial charge in [-0.1, -0.05) is 23.2 Å². The maximum atomic E-state index is 12.1. The summed E-state index contributed by atoms with van der Waals surface area (Å²) < 4.78 is 4.65. The van der Waals surface area contributed by atoms with E-state index in [0.717, 1.165) is 0 Å². The molecule has 0 aliphatic carbocycles. The average Bonchev–Trinajstić information content (AvgIpc) is 2.48. The molecule has 0 aliphatic rings. The SMILES string of the molecule is COC(=O)c1cc(Cl)ccc1NC(=O)c1cc(Cl)ccn1. The lowest BCUT2D eigenvalue weighted by Gasteiger charge is -2.10. The Kier molecular flexibility index (Phi) is 4.77. The molecule has 1 N–H and O–H groups in total. The highest BCUT2D eigenvalue weighted by molar-refractivity contribution is 6.31. The molecular formula is C14H10Cl2N2O3. The van der Waals surface area contributed by atoms with Crippen molar-refractivity contribution in [1.82, 2.24) is 4.98 Å². The summed E-state index contributed by atoms with van der Waals surface area (Å²) in [5, 5.41) is 3.32. The van der Waals surface area contributed by atoms with Crippen molar-refractivity contribution in [3.05, 3.63) is 57.8 Å². The Morgan fingerprint density at radius 2 is 1.86 bits per heavy atom. The highest BCUT2D eigenvalue weighted by Gasteiger charge is 2.16. The molecule has 0 fully saturated rings. The van der Waals surface area contributed by atoms with Crippen LogP contribution in [0.25, 0.3) is 0 Å². The van der Waals surface area contributed by atoms with Gasteiger partial charge < -0.3 is 10.1 Å². The number of hydrogen-bond acceptors (Lipinski definition) is 4. The Bertz CT molecular complexity index is 704. The fourth-order valence-corrected chi connectivity index (χ4v) is 1.95. The summed E-state index contributed by atoms with van der Waals surface area (Å²) in [6, 6.07) is 7.45. The number of esters is 1. The van der Waals surface area contributed by atoms with Gasteiger partial charge in [0, 0.05) is 16.2 Å². The monoisotopic (exact) mass is 324 g/mol. The van der Waals surface area contributed by atoms with Gasteiger partial charge in [0.1, 0.15) is 5.69 Å². The second-order valence-electron chi connectivity index (χ2n) is 3.99. The van der Waals surface area contributed by atoms with Crippen LogP contribution in [0.4, 0.5) is 5.69 Å². The maximum absolute atomic E-state index is 12.1. The number of anilines is 1. The van der Waals surface area contributed by atoms with Crippen LogP contribution in [-0.4, -0.2) is 24.0 Å². The summed E-state index contributed by atoms with van der Waals surface area (Å²) in [5.41, 5.74) is 0.562. The number of hydrogen-bond donors (Lipinski definition) is 1. The first-order valence-electron chi connectivity index (χ1n) is 5.82. The summed E-state index contributed by atoms with van der Waals surface area (Å²) in [7, 11) is 1.24. The largest absolute Gasteiger partial charge is 0.465 e. The molecule has 2 aromatic rings. The number of aromatic nitrogens is 1. The van der Waals surface area contributed by atoms with E-state index in [-0.39, 0.29) is 16.9 Å². The molecule has 0 bridgehead atoms. The summed E-state index contributed by atoms with van der Waals surface area (Å²) in [6.45, 7) is 0. The smallest absolute Gasteiger partial charge is 0.340 e. The highest BCUT2D eigenvalue weighted by Crippen LogP contribution is 2.22. The van der Waals surface area contributed by atoms with E-state index >= 15 is 0 Å². The van der Waals surface area contributed by atoms with Gasteiger partial charge in [0.2, 0.25) is 0 Å². The second kappa shape index (κ2) is 6.56. The summed E-state index contributed by atoms with van der Waals surface area (Å²) in [4.78, 5) is 27.7. The van der Waals surface area contributed by atoms with Gasteiger partial charge in [-0.2, -0.15) is 0 Å². The van der Waals surface area contributed by atoms with Crippen molar-refractivity contribution >= 4 is 40.8 Å². The molecule has 108 valence electrons. The second-order valence-corrected chi connectivity index (χ2v) is 4.87. The van der Waals surface area contributed by atoms with E-state index in [9.17, 15) is 9.59 Å². The normalized spacial score (nSPS) is 10.0. The molecule has 0 saturated heterocycles. The Labute approximate surface area is 130 Å². The van der Waals surface area contributed by atoms with Crippen LogP contribution in [0, 0.1) is 0 Å². The molecule has 0 saturated carbocycles. The highest BCUT2D eigenvalue weighted by atomic mass is 35.5. The predicted octanol–water partition coefficient (Wildman–Crippen LogP) is 3.43. The first kappa shape index (κ1) is 15.3. The molecule has 0 atom stereocenters. The quantitative estimate of drug-likeness (QED) is 0.878. The van der Waals surface area contributed by atoms with Crippen LogP contribution >= 0.6 is 23.2 Å². The number of benzene rings is 1. The number of methoxy groups -OCH3 is 1. The number of carbonyl (C=O) groups is 2. The van der Waals surface area contributed by atoms with Crippen molar-refractivity contribution in [2.24, 2.45) is 0 Å². The van der Waals surface area contributed by atoms with Crippen LogP contribution < -0.4 is 5.32 Å². The van der Waals surface area contributed by atoms with Crippen LogP contribution in [0.1, 0.15) is 20.8 Å². The molecule has 1 heterocycles. The van der Waals surface area contributed by atoms with E-state index < -0.39 is 11.9 Å². The topological polar surface area (TPSA) is 68.3 Å². The summed E-state index contributed by atoms with van der Waals surface area (Å²) in [5.74, 6) is -1.10. The number of nitrogens with zero attached hydrogens (tertiary/aromatic N) is 1. The molecular weight excluding hydrogens is 315 g/mol. The van der Waals surface area contributed by atoms with Crippen molar-refractivity contribution in [1.29, 1.82) is 0 Å². The van der Waals surface area contributed by atoms with Crippen molar-refractivity contribution in [2.75, 3.05) is 12.4 Å². The minimum Gasteiger partial charge on any atom is -0.465 e. The van der Waals surface area contributed by atoms with Gasteiger partial charge in [-0.05, 0) is 30.3 Å². The van der Waals surface area contributed by atoms with Gasteiger partial charge >= 0.3 is 5.97 Å². The number of pyridine rings is 1. The standard InChI is InChI=1S/C14H10Cl2N2O3/c1-21-14(20)10-6-8(15)2-3-11(10)18-13(19)12-7-9(16)4-5-17-12/h2-7H,1H3,(H,18,19). The van der Waals surface area contributed by atoms with Crippen molar-refractivity contribution in [3.63, 3.8) is 0 Å². The van der Waals surface area contributed by atoms with E-state index in [2.05, 4.69) is 15.0 Å². The molecule has 0 unspecified atom stereocenters. The van der Waals surface area contributed by atoms with Gasteiger partial charge in [-0.15, -0.1) is 0 Å². The Morgan fingerprint density at radius 3 is 2.52 bits per heavy atom. The first-order valence-corrected chi connectivity index (χ1v) is 6.57. The Hall–Kier alpha value is -2.11. The van der Waals surface area contributed by atoms with E-state index in [1.807, 2.05) is 0 Å². The number of rotatable bonds is 3. The van der Waals surface area contributed by atoms with Crippen LogP contribution in [0.15, 0.2) is 36.5 Å². The van der Waals surface area contributed by atoms with Crippen molar-refractivity contribution in [2.45, 2.75) is 0 Å². The zero-order valence-corrected chi connectivity index (χ0v) is 12.4. The molecule has 21 heavy (non-hydrogen) atoms. The lowest BCUT2D eigenvalue weighted by Crippen LogP contribution is -2.16. The zero-order valence-electron chi connectivity index (χ0n) is 10.9. The fraction of sp³-hybridized carbons (Fsp3) is 0.0714. The third-order valence-electron chi connectivity index (χ3n) is 2.59. The molecule has 0 spiro atoms. The van der Waals surface area contributed by atoms with Gasteiger partial charge in [0.05, 0.1) is 18.4 Å². The molecule has 1 amide bonds. The lowest BCUT2D eigenvalue weighted by molar-refractivity contribution is 0.0602. The third-order valence-corrected chi connectivity index (χ3v) is 3.06. The maximum Gasteiger partial charge on any atom is 0.340 e. The van der Waals surface area contributed by atoms with Crippen LogP contribution in [-0.2, 0) is 4.74 Å². The number of amides is 1. The molecule has 1 aromatic carbocycles. The number of carbonyl (C=O) groups excluding carboxylic acids is 2. The average molecular weight is 325 g/mol. The Morgan fingerprint density at radius 1 is 1.14 bits per heavy atom. The predicted molar refractivity (Wildman–Crippen MR) is 80.0 cm³/mol. The molecule has 7 heteroatoms. The minimum atomic E-state index is -0.605. The molecule has 5 nitrogen and oxygen atoms in total. The lowest BCUT2D eigenvalue weighted by atomic mass is 10.1. The molecule has 0 radical (unpaired) electrons. The van der Waals surface area contributed by atoms with Crippen molar-refractivity contribution in [3.8, 4) is 0 Å². The molecule has 0 aliphatic heterocycles. The molecule has 2 rings (SSSR count). The summed E-state index contributed by atoms with van der Waals surface area (Å²) >= 11 is 11.6. The van der Waals surface area contributed by atoms with E-state index in [1.54, 1.807) is 12.1 Å². The van der Waals surface area contributed by atoms with Gasteiger partial charge in [0.15, 0.2) is 0 Å². The van der Waals surface area contributed by atoms with Crippen LogP contribution in [0.5, 0.6) is 0 Å². The summed E-state index contributed by atoms with van der Waals surface area (Å²) in [6.07, 6.45) is 1.42. The van der Waals surface area contributed by atoms with Gasteiger partial charge in [-0.25, -0.2) is 4.79 Å². The van der Waals surface area contributed by atoms with Crippen LogP contribution in [0.2, 0.25) is 10.0 Å². The fourth-order valence-electron chi connectivity index (χ4n) is 1.62. The van der Waals surface area contributed by atoms with E-state index in [0.29, 0.717) is 10.0 Å². The minimum absolute atomic E-state index is 0.133. The third kappa shape index (κ3) is 3.71. The number of halogens is 2. The van der Waals surface area contributed by atoms with Crippen molar-refractivity contribution < 1.29 is 14.3 Å². The Balaban J connectivity index is 2.31. The van der Waals surface area contributed by atoms with E-state index in [1.165, 1.54) is 31.5 Å². The van der Waals surface area contributed by atoms with Gasteiger partial charge in [-0.3, -0.25) is 9.78 Å². The first-order chi connectivity index (χ1) is 10.0. The number of nitrogens with one attached hydrogen (secondary N) is 1. The number of ether oxygens (including phenoxy) is 1. The van der Waals surface area contributed by atoms with Crippen LogP contribution in [0.3, 0.4) is 0 Å². The zero-order chi connectivity index (χ0) is 15.4. The molecule has 1 aromatic heterocycles.